The SMILES string of the molecule is CCn1ccnc1CC(O)C1(N(C)C)CCCC1. The molecule has 0 spiro atoms. The molecule has 0 saturated heterocycles. The minimum absolute atomic E-state index is 0.0511. The monoisotopic (exact) mass is 251 g/mol. The summed E-state index contributed by atoms with van der Waals surface area (Å²) in [6.45, 7) is 3.02. The van der Waals surface area contributed by atoms with Gasteiger partial charge >= 0.3 is 0 Å². The third-order valence-electron chi connectivity index (χ3n) is 4.50. The first-order valence-electron chi connectivity index (χ1n) is 6.95. The number of nitrogens with zero attached hydrogens (tertiary/aromatic N) is 3. The summed E-state index contributed by atoms with van der Waals surface area (Å²) in [5.74, 6) is 0.998. The Morgan fingerprint density at radius 3 is 2.67 bits per heavy atom. The highest BCUT2D eigenvalue weighted by Gasteiger charge is 2.42. The molecule has 4 heteroatoms. The average Bonchev–Trinajstić information content (AvgIpc) is 2.97. The second-order valence-electron chi connectivity index (χ2n) is 5.55. The Balaban J connectivity index is 2.13. The van der Waals surface area contributed by atoms with Crippen molar-refractivity contribution in [2.45, 2.75) is 57.2 Å². The van der Waals surface area contributed by atoms with Crippen LogP contribution in [0.25, 0.3) is 0 Å². The lowest BCUT2D eigenvalue weighted by Gasteiger charge is -2.40. The van der Waals surface area contributed by atoms with E-state index in [1.807, 2.05) is 12.4 Å². The number of aromatic nitrogens is 2. The van der Waals surface area contributed by atoms with Gasteiger partial charge in [-0.2, -0.15) is 0 Å². The van der Waals surface area contributed by atoms with Crippen molar-refractivity contribution >= 4 is 0 Å². The largest absolute Gasteiger partial charge is 0.391 e. The van der Waals surface area contributed by atoms with Crippen molar-refractivity contribution in [3.8, 4) is 0 Å². The number of hydrogen-bond acceptors (Lipinski definition) is 3. The summed E-state index contributed by atoms with van der Waals surface area (Å²) in [5.41, 5.74) is -0.0511. The molecule has 1 atom stereocenters. The molecule has 1 unspecified atom stereocenters. The first-order valence-corrected chi connectivity index (χ1v) is 6.95. The third kappa shape index (κ3) is 2.31. The lowest BCUT2D eigenvalue weighted by Crippen LogP contribution is -2.52. The van der Waals surface area contributed by atoms with Crippen molar-refractivity contribution < 1.29 is 5.11 Å². The Kier molecular flexibility index (Phi) is 4.07. The van der Waals surface area contributed by atoms with Crippen LogP contribution in [0, 0.1) is 0 Å². The van der Waals surface area contributed by atoms with Crippen molar-refractivity contribution in [3.05, 3.63) is 18.2 Å². The maximum atomic E-state index is 10.7. The lowest BCUT2D eigenvalue weighted by atomic mass is 9.87. The van der Waals surface area contributed by atoms with Crippen LogP contribution in [0.4, 0.5) is 0 Å². The Bertz CT molecular complexity index is 380. The van der Waals surface area contributed by atoms with Crippen molar-refractivity contribution in [2.24, 2.45) is 0 Å². The van der Waals surface area contributed by atoms with E-state index in [0.717, 1.165) is 25.2 Å². The molecule has 1 aliphatic rings. The smallest absolute Gasteiger partial charge is 0.111 e. The standard InChI is InChI=1S/C14H25N3O/c1-4-17-10-9-15-13(17)11-12(18)14(16(2)3)7-5-6-8-14/h9-10,12,18H,4-8,11H2,1-3H3. The van der Waals surface area contributed by atoms with E-state index >= 15 is 0 Å². The second-order valence-corrected chi connectivity index (χ2v) is 5.55. The number of likely N-dealkylation sites (N-methyl/N-ethyl adjacent to an activating group) is 1. The van der Waals surface area contributed by atoms with Gasteiger partial charge in [0.1, 0.15) is 5.82 Å². The van der Waals surface area contributed by atoms with Crippen molar-refractivity contribution in [2.75, 3.05) is 14.1 Å². The Labute approximate surface area is 110 Å². The first-order chi connectivity index (χ1) is 8.60. The average molecular weight is 251 g/mol. The minimum Gasteiger partial charge on any atom is -0.391 e. The summed E-state index contributed by atoms with van der Waals surface area (Å²) < 4.78 is 2.11. The van der Waals surface area contributed by atoms with Crippen LogP contribution in [0.5, 0.6) is 0 Å². The van der Waals surface area contributed by atoms with Crippen LogP contribution < -0.4 is 0 Å². The van der Waals surface area contributed by atoms with E-state index in [1.165, 1.54) is 12.8 Å². The summed E-state index contributed by atoms with van der Waals surface area (Å²) in [6, 6.07) is 0. The van der Waals surface area contributed by atoms with Gasteiger partial charge in [-0.1, -0.05) is 12.8 Å². The molecule has 1 N–H and O–H groups in total. The highest BCUT2D eigenvalue weighted by Crippen LogP contribution is 2.37. The molecule has 0 radical (unpaired) electrons. The predicted molar refractivity (Wildman–Crippen MR) is 72.5 cm³/mol. The van der Waals surface area contributed by atoms with Gasteiger partial charge in [-0.05, 0) is 33.9 Å². The highest BCUT2D eigenvalue weighted by molar-refractivity contribution is 5.04. The summed E-state index contributed by atoms with van der Waals surface area (Å²) in [4.78, 5) is 6.59. The van der Waals surface area contributed by atoms with Gasteiger partial charge in [0.2, 0.25) is 0 Å². The van der Waals surface area contributed by atoms with E-state index in [2.05, 4.69) is 35.5 Å². The molecule has 0 aromatic carbocycles. The second kappa shape index (κ2) is 5.41. The van der Waals surface area contributed by atoms with E-state index in [4.69, 9.17) is 0 Å². The molecule has 1 saturated carbocycles. The molecule has 18 heavy (non-hydrogen) atoms. The van der Waals surface area contributed by atoms with Gasteiger partial charge in [0.25, 0.3) is 0 Å². The Morgan fingerprint density at radius 1 is 1.44 bits per heavy atom. The predicted octanol–water partition coefficient (Wildman–Crippen LogP) is 1.68. The fourth-order valence-electron chi connectivity index (χ4n) is 3.25. The van der Waals surface area contributed by atoms with E-state index in [-0.39, 0.29) is 11.6 Å². The maximum absolute atomic E-state index is 10.7. The molecule has 1 aromatic rings. The van der Waals surface area contributed by atoms with Crippen LogP contribution in [0.15, 0.2) is 12.4 Å². The molecule has 4 nitrogen and oxygen atoms in total. The zero-order valence-electron chi connectivity index (χ0n) is 11.8. The quantitative estimate of drug-likeness (QED) is 0.865. The summed E-state index contributed by atoms with van der Waals surface area (Å²) in [6.07, 6.45) is 8.75. The van der Waals surface area contributed by atoms with Gasteiger partial charge in [-0.25, -0.2) is 4.98 Å². The van der Waals surface area contributed by atoms with E-state index in [0.29, 0.717) is 6.42 Å². The van der Waals surface area contributed by atoms with E-state index < -0.39 is 0 Å². The molecular formula is C14H25N3O. The Morgan fingerprint density at radius 2 is 2.11 bits per heavy atom. The van der Waals surface area contributed by atoms with Crippen LogP contribution in [0.2, 0.25) is 0 Å². The number of aliphatic hydroxyl groups excluding tert-OH is 1. The summed E-state index contributed by atoms with van der Waals surface area (Å²) >= 11 is 0. The van der Waals surface area contributed by atoms with Gasteiger partial charge < -0.3 is 14.6 Å². The van der Waals surface area contributed by atoms with Gasteiger partial charge in [-0.3, -0.25) is 0 Å². The van der Waals surface area contributed by atoms with E-state index in [1.54, 1.807) is 0 Å². The van der Waals surface area contributed by atoms with Gasteiger partial charge in [0, 0.05) is 30.9 Å². The highest BCUT2D eigenvalue weighted by atomic mass is 16.3. The van der Waals surface area contributed by atoms with Crippen molar-refractivity contribution in [1.29, 1.82) is 0 Å². The fourth-order valence-corrected chi connectivity index (χ4v) is 3.25. The van der Waals surface area contributed by atoms with Crippen LogP contribution in [0.1, 0.15) is 38.4 Å². The first kappa shape index (κ1) is 13.6. The van der Waals surface area contributed by atoms with Crippen LogP contribution in [-0.4, -0.2) is 45.3 Å². The van der Waals surface area contributed by atoms with Gasteiger partial charge in [-0.15, -0.1) is 0 Å². The van der Waals surface area contributed by atoms with Crippen LogP contribution in [-0.2, 0) is 13.0 Å². The molecule has 102 valence electrons. The van der Waals surface area contributed by atoms with Gasteiger partial charge in [0.05, 0.1) is 6.10 Å². The zero-order chi connectivity index (χ0) is 13.2. The van der Waals surface area contributed by atoms with E-state index in [9.17, 15) is 5.11 Å². The Hall–Kier alpha value is -0.870. The number of aryl methyl sites for hydroxylation is 1. The normalized spacial score (nSPS) is 20.5. The summed E-state index contributed by atoms with van der Waals surface area (Å²) in [7, 11) is 4.17. The molecule has 0 bridgehead atoms. The number of hydrogen-bond donors (Lipinski definition) is 1. The van der Waals surface area contributed by atoms with Crippen molar-refractivity contribution in [1.82, 2.24) is 14.5 Å². The maximum Gasteiger partial charge on any atom is 0.111 e. The fraction of sp³-hybridized carbons (Fsp3) is 0.786. The van der Waals surface area contributed by atoms with Gasteiger partial charge in [0.15, 0.2) is 0 Å². The van der Waals surface area contributed by atoms with Crippen molar-refractivity contribution in [3.63, 3.8) is 0 Å². The molecule has 1 fully saturated rings. The molecular weight excluding hydrogens is 226 g/mol. The summed E-state index contributed by atoms with van der Waals surface area (Å²) in [5, 5.41) is 10.7. The molecule has 1 aliphatic carbocycles. The molecule has 1 heterocycles. The zero-order valence-corrected chi connectivity index (χ0v) is 11.8. The van der Waals surface area contributed by atoms with Crippen LogP contribution in [0.3, 0.4) is 0 Å². The number of imidazole rings is 1. The molecule has 0 amide bonds. The molecule has 1 aromatic heterocycles. The number of aliphatic hydroxyl groups is 1. The minimum atomic E-state index is -0.331. The molecule has 0 aliphatic heterocycles. The third-order valence-corrected chi connectivity index (χ3v) is 4.50. The number of rotatable bonds is 5. The lowest BCUT2D eigenvalue weighted by molar-refractivity contribution is -0.00400. The topological polar surface area (TPSA) is 41.3 Å². The molecule has 2 rings (SSSR count). The van der Waals surface area contributed by atoms with Crippen LogP contribution >= 0.6 is 0 Å².